The van der Waals surface area contributed by atoms with Gasteiger partial charge in [0.15, 0.2) is 0 Å². The van der Waals surface area contributed by atoms with Crippen LogP contribution >= 0.6 is 0 Å². The topological polar surface area (TPSA) is 65.1 Å². The van der Waals surface area contributed by atoms with E-state index in [1.54, 1.807) is 34.8 Å². The van der Waals surface area contributed by atoms with Crippen molar-refractivity contribution in [3.8, 4) is 0 Å². The van der Waals surface area contributed by atoms with Gasteiger partial charge in [-0.15, -0.1) is 0 Å². The molecule has 1 aromatic carbocycles. The molecule has 0 bridgehead atoms. The molecule has 1 saturated heterocycles. The van der Waals surface area contributed by atoms with Crippen molar-refractivity contribution in [3.63, 3.8) is 0 Å². The summed E-state index contributed by atoms with van der Waals surface area (Å²) in [5.74, 6) is -0.246. The summed E-state index contributed by atoms with van der Waals surface area (Å²) in [5.41, 5.74) is 0.541. The Hall–Kier alpha value is -2.08. The van der Waals surface area contributed by atoms with Crippen LogP contribution in [0.15, 0.2) is 30.3 Å². The van der Waals surface area contributed by atoms with Gasteiger partial charge in [-0.05, 0) is 57.9 Å². The second kappa shape index (κ2) is 9.41. The summed E-state index contributed by atoms with van der Waals surface area (Å²) in [6, 6.07) is 9.45. The lowest BCUT2D eigenvalue weighted by atomic mass is 9.86. The highest BCUT2D eigenvalue weighted by Gasteiger charge is 2.50. The van der Waals surface area contributed by atoms with Crippen LogP contribution in [0.2, 0.25) is 0 Å². The number of hydrogen-bond acceptors (Lipinski definition) is 5. The molecule has 1 heterocycles. The number of amides is 1. The fraction of sp³-hybridized carbons (Fsp3) is 0.636. The molecule has 6 nitrogen and oxygen atoms in total. The Morgan fingerprint density at radius 2 is 1.86 bits per heavy atom. The molecule has 156 valence electrons. The first-order chi connectivity index (χ1) is 13.2. The van der Waals surface area contributed by atoms with Crippen molar-refractivity contribution in [2.75, 3.05) is 13.7 Å². The van der Waals surface area contributed by atoms with Crippen molar-refractivity contribution in [2.24, 2.45) is 5.92 Å². The van der Waals surface area contributed by atoms with E-state index in [0.29, 0.717) is 6.42 Å². The third-order valence-electron chi connectivity index (χ3n) is 4.99. The SMILES string of the molecule is CCOC(=O)C1C(C[C@H](C)c2ccccc2)CC(OC)N1C(=O)OC(C)(C)C. The minimum atomic E-state index is -0.717. The first-order valence-corrected chi connectivity index (χ1v) is 9.93. The standard InChI is InChI=1S/C22H33NO5/c1-7-27-20(24)19-17(13-15(2)16-11-9-8-10-12-16)14-18(26-6)23(19)21(25)28-22(3,4)5/h8-12,15,17-19H,7,13-14H2,1-6H3/t15-,17?,18?,19?/m0/s1. The third kappa shape index (κ3) is 5.47. The van der Waals surface area contributed by atoms with Crippen LogP contribution in [0.5, 0.6) is 0 Å². The van der Waals surface area contributed by atoms with E-state index in [-0.39, 0.29) is 18.4 Å². The van der Waals surface area contributed by atoms with Gasteiger partial charge in [-0.2, -0.15) is 0 Å². The zero-order valence-electron chi connectivity index (χ0n) is 17.8. The molecule has 6 heteroatoms. The minimum Gasteiger partial charge on any atom is -0.464 e. The Labute approximate surface area is 168 Å². The summed E-state index contributed by atoms with van der Waals surface area (Å²) in [6.45, 7) is 9.57. The van der Waals surface area contributed by atoms with Crippen molar-refractivity contribution in [2.45, 2.75) is 71.2 Å². The highest BCUT2D eigenvalue weighted by Crippen LogP contribution is 2.38. The number of nitrogens with zero attached hydrogens (tertiary/aromatic N) is 1. The predicted molar refractivity (Wildman–Crippen MR) is 107 cm³/mol. The monoisotopic (exact) mass is 391 g/mol. The molecular weight excluding hydrogens is 358 g/mol. The Bertz CT molecular complexity index is 655. The maximum Gasteiger partial charge on any atom is 0.413 e. The van der Waals surface area contributed by atoms with Crippen LogP contribution < -0.4 is 0 Å². The number of carbonyl (C=O) groups is 2. The van der Waals surface area contributed by atoms with Gasteiger partial charge in [0.25, 0.3) is 0 Å². The summed E-state index contributed by atoms with van der Waals surface area (Å²) in [5, 5.41) is 0. The average molecular weight is 392 g/mol. The molecule has 4 atom stereocenters. The highest BCUT2D eigenvalue weighted by molar-refractivity contribution is 5.83. The molecule has 2 rings (SSSR count). The lowest BCUT2D eigenvalue weighted by Gasteiger charge is -2.32. The largest absolute Gasteiger partial charge is 0.464 e. The molecule has 1 aromatic rings. The van der Waals surface area contributed by atoms with E-state index >= 15 is 0 Å². The zero-order valence-corrected chi connectivity index (χ0v) is 17.8. The van der Waals surface area contributed by atoms with Gasteiger partial charge in [-0.25, -0.2) is 9.59 Å². The van der Waals surface area contributed by atoms with Crippen LogP contribution in [-0.2, 0) is 19.0 Å². The summed E-state index contributed by atoms with van der Waals surface area (Å²) in [7, 11) is 1.55. The average Bonchev–Trinajstić information content (AvgIpc) is 2.99. The van der Waals surface area contributed by atoms with E-state index < -0.39 is 29.9 Å². The normalized spacial score (nSPS) is 23.4. The number of esters is 1. The van der Waals surface area contributed by atoms with E-state index in [0.717, 1.165) is 6.42 Å². The Morgan fingerprint density at radius 3 is 2.39 bits per heavy atom. The van der Waals surface area contributed by atoms with Crippen molar-refractivity contribution in [1.82, 2.24) is 4.90 Å². The van der Waals surface area contributed by atoms with Crippen LogP contribution in [-0.4, -0.2) is 48.5 Å². The molecule has 0 radical (unpaired) electrons. The molecular formula is C22H33NO5. The maximum absolute atomic E-state index is 12.9. The van der Waals surface area contributed by atoms with Gasteiger partial charge in [-0.3, -0.25) is 4.90 Å². The van der Waals surface area contributed by atoms with Gasteiger partial charge in [0.05, 0.1) is 6.61 Å². The highest BCUT2D eigenvalue weighted by atomic mass is 16.6. The zero-order chi connectivity index (χ0) is 20.9. The Morgan fingerprint density at radius 1 is 1.21 bits per heavy atom. The summed E-state index contributed by atoms with van der Waals surface area (Å²) < 4.78 is 16.4. The van der Waals surface area contributed by atoms with Crippen molar-refractivity contribution in [1.29, 1.82) is 0 Å². The quantitative estimate of drug-likeness (QED) is 0.675. The Balaban J connectivity index is 2.28. The van der Waals surface area contributed by atoms with Crippen LogP contribution in [0.1, 0.15) is 58.9 Å². The molecule has 0 aromatic heterocycles. The summed E-state index contributed by atoms with van der Waals surface area (Å²) in [6.07, 6.45) is 0.243. The Kier molecular flexibility index (Phi) is 7.47. The van der Waals surface area contributed by atoms with Gasteiger partial charge in [0.2, 0.25) is 0 Å². The molecule has 1 aliphatic rings. The van der Waals surface area contributed by atoms with E-state index in [2.05, 4.69) is 19.1 Å². The lowest BCUT2D eigenvalue weighted by molar-refractivity contribution is -0.152. The van der Waals surface area contributed by atoms with Gasteiger partial charge in [0.1, 0.15) is 17.9 Å². The first-order valence-electron chi connectivity index (χ1n) is 9.93. The molecule has 3 unspecified atom stereocenters. The molecule has 1 aliphatic heterocycles. The fourth-order valence-electron chi connectivity index (χ4n) is 3.79. The summed E-state index contributed by atoms with van der Waals surface area (Å²) >= 11 is 0. The van der Waals surface area contributed by atoms with E-state index in [1.165, 1.54) is 10.5 Å². The molecule has 0 saturated carbocycles. The molecule has 0 N–H and O–H groups in total. The number of hydrogen-bond donors (Lipinski definition) is 0. The smallest absolute Gasteiger partial charge is 0.413 e. The second-order valence-corrected chi connectivity index (χ2v) is 8.32. The number of benzene rings is 1. The molecule has 1 fully saturated rings. The van der Waals surface area contributed by atoms with E-state index in [9.17, 15) is 9.59 Å². The minimum absolute atomic E-state index is 0.0771. The van der Waals surface area contributed by atoms with Crippen LogP contribution in [0, 0.1) is 5.92 Å². The molecule has 0 spiro atoms. The van der Waals surface area contributed by atoms with Gasteiger partial charge < -0.3 is 14.2 Å². The van der Waals surface area contributed by atoms with Gasteiger partial charge >= 0.3 is 12.1 Å². The molecule has 0 aliphatic carbocycles. The van der Waals surface area contributed by atoms with Gasteiger partial charge in [-0.1, -0.05) is 37.3 Å². The number of ether oxygens (including phenoxy) is 3. The van der Waals surface area contributed by atoms with Crippen LogP contribution in [0.4, 0.5) is 4.79 Å². The number of likely N-dealkylation sites (tertiary alicyclic amines) is 1. The number of methoxy groups -OCH3 is 1. The predicted octanol–water partition coefficient (Wildman–Crippen LogP) is 4.34. The lowest BCUT2D eigenvalue weighted by Crippen LogP contribution is -2.49. The van der Waals surface area contributed by atoms with Gasteiger partial charge in [0, 0.05) is 7.11 Å². The third-order valence-corrected chi connectivity index (χ3v) is 4.99. The first kappa shape index (κ1) is 22.2. The van der Waals surface area contributed by atoms with Crippen LogP contribution in [0.25, 0.3) is 0 Å². The van der Waals surface area contributed by atoms with Crippen molar-refractivity contribution < 1.29 is 23.8 Å². The molecule has 28 heavy (non-hydrogen) atoms. The van der Waals surface area contributed by atoms with E-state index in [1.807, 2.05) is 18.2 Å². The maximum atomic E-state index is 12.9. The summed E-state index contributed by atoms with van der Waals surface area (Å²) in [4.78, 5) is 27.1. The number of rotatable bonds is 6. The van der Waals surface area contributed by atoms with Crippen molar-refractivity contribution in [3.05, 3.63) is 35.9 Å². The van der Waals surface area contributed by atoms with E-state index in [4.69, 9.17) is 14.2 Å². The molecule has 1 amide bonds. The van der Waals surface area contributed by atoms with Crippen molar-refractivity contribution >= 4 is 12.1 Å². The number of carbonyl (C=O) groups excluding carboxylic acids is 2. The second-order valence-electron chi connectivity index (χ2n) is 8.32. The fourth-order valence-corrected chi connectivity index (χ4v) is 3.79. The van der Waals surface area contributed by atoms with Crippen LogP contribution in [0.3, 0.4) is 0 Å².